The molecule has 1 saturated heterocycles. The summed E-state index contributed by atoms with van der Waals surface area (Å²) >= 11 is 0. The van der Waals surface area contributed by atoms with Crippen LogP contribution in [0.1, 0.15) is 65.6 Å². The molecule has 0 radical (unpaired) electrons. The highest BCUT2D eigenvalue weighted by atomic mass is 32.2. The minimum absolute atomic E-state index is 0.0192. The number of amides is 3. The normalized spacial score (nSPS) is 17.9. The summed E-state index contributed by atoms with van der Waals surface area (Å²) in [6.07, 6.45) is 0.238. The van der Waals surface area contributed by atoms with Crippen LogP contribution in [0, 0.1) is 17.1 Å². The van der Waals surface area contributed by atoms with E-state index in [9.17, 15) is 32.0 Å². The molecule has 2 aromatic rings. The highest BCUT2D eigenvalue weighted by Crippen LogP contribution is 2.48. The molecule has 3 heterocycles. The van der Waals surface area contributed by atoms with Crippen LogP contribution in [0.5, 0.6) is 0 Å². The maximum Gasteiger partial charge on any atom is 0.410 e. The number of halogens is 1. The molecule has 228 valence electrons. The summed E-state index contributed by atoms with van der Waals surface area (Å²) in [5.74, 6) is -1.93. The van der Waals surface area contributed by atoms with Crippen molar-refractivity contribution in [3.63, 3.8) is 0 Å². The molecule has 3 amide bonds. The fraction of sp³-hybridized carbons (Fsp3) is 0.483. The molecule has 0 spiro atoms. The highest BCUT2D eigenvalue weighted by molar-refractivity contribution is 7.93. The molecule has 0 atom stereocenters. The fourth-order valence-electron chi connectivity index (χ4n) is 5.32. The molecule has 0 bridgehead atoms. The van der Waals surface area contributed by atoms with Gasteiger partial charge in [-0.1, -0.05) is 6.07 Å². The largest absolute Gasteiger partial charge is 0.444 e. The van der Waals surface area contributed by atoms with Crippen molar-refractivity contribution < 1.29 is 31.9 Å². The van der Waals surface area contributed by atoms with E-state index in [0.717, 1.165) is 6.07 Å². The van der Waals surface area contributed by atoms with Gasteiger partial charge in [-0.25, -0.2) is 17.6 Å². The summed E-state index contributed by atoms with van der Waals surface area (Å²) in [5.41, 5.74) is -1.23. The molecule has 1 aromatic heterocycles. The highest BCUT2D eigenvalue weighted by Gasteiger charge is 2.60. The van der Waals surface area contributed by atoms with Gasteiger partial charge in [-0.05, 0) is 63.4 Å². The number of hydrogen-bond donors (Lipinski definition) is 1. The van der Waals surface area contributed by atoms with Gasteiger partial charge in [0.1, 0.15) is 28.7 Å². The first-order chi connectivity index (χ1) is 20.2. The molecule has 2 aliphatic heterocycles. The SMILES string of the molecule is CC(C)(C)OC(=O)N1CC(S(=O)(=O)C2(CN3CCn4c(ccc(C(=O)NCc5ccc(C#N)c(F)c5)c4=O)C3=O)CC2)C1. The molecule has 1 aliphatic carbocycles. The number of likely N-dealkylation sites (tertiary alicyclic amines) is 1. The summed E-state index contributed by atoms with van der Waals surface area (Å²) in [4.78, 5) is 54.3. The van der Waals surface area contributed by atoms with E-state index >= 15 is 0 Å². The molecule has 0 unspecified atom stereocenters. The molecule has 1 aromatic carbocycles. The average Bonchev–Trinajstić information content (AvgIpc) is 3.69. The number of nitriles is 1. The van der Waals surface area contributed by atoms with Crippen LogP contribution in [-0.2, 0) is 27.7 Å². The lowest BCUT2D eigenvalue weighted by Gasteiger charge is -2.41. The van der Waals surface area contributed by atoms with Crippen molar-refractivity contribution in [2.75, 3.05) is 26.2 Å². The van der Waals surface area contributed by atoms with Gasteiger partial charge in [0.2, 0.25) is 0 Å². The van der Waals surface area contributed by atoms with Crippen LogP contribution < -0.4 is 10.9 Å². The van der Waals surface area contributed by atoms with Crippen molar-refractivity contribution in [1.82, 2.24) is 19.7 Å². The Kier molecular flexibility index (Phi) is 7.58. The monoisotopic (exact) mass is 613 g/mol. The van der Waals surface area contributed by atoms with E-state index in [0.29, 0.717) is 18.4 Å². The van der Waals surface area contributed by atoms with Crippen molar-refractivity contribution in [3.05, 3.63) is 68.9 Å². The van der Waals surface area contributed by atoms with Crippen LogP contribution in [0.2, 0.25) is 0 Å². The van der Waals surface area contributed by atoms with Gasteiger partial charge in [0.05, 0.1) is 15.6 Å². The Hall–Kier alpha value is -4.25. The summed E-state index contributed by atoms with van der Waals surface area (Å²) in [6, 6.07) is 8.24. The number of nitrogens with one attached hydrogen (secondary N) is 1. The number of nitrogens with zero attached hydrogens (tertiary/aromatic N) is 4. The Morgan fingerprint density at radius 2 is 1.84 bits per heavy atom. The van der Waals surface area contributed by atoms with Crippen molar-refractivity contribution in [3.8, 4) is 6.07 Å². The van der Waals surface area contributed by atoms with Crippen LogP contribution in [0.15, 0.2) is 35.1 Å². The van der Waals surface area contributed by atoms with Gasteiger partial charge >= 0.3 is 6.09 Å². The Morgan fingerprint density at radius 1 is 1.14 bits per heavy atom. The van der Waals surface area contributed by atoms with E-state index in [-0.39, 0.29) is 56.1 Å². The van der Waals surface area contributed by atoms with Crippen molar-refractivity contribution in [2.24, 2.45) is 0 Å². The minimum Gasteiger partial charge on any atom is -0.444 e. The Bertz CT molecular complexity index is 1710. The number of fused-ring (bicyclic) bond motifs is 1. The zero-order valence-corrected chi connectivity index (χ0v) is 24.9. The third-order valence-corrected chi connectivity index (χ3v) is 10.9. The number of pyridine rings is 1. The Balaban J connectivity index is 1.23. The average molecular weight is 614 g/mol. The van der Waals surface area contributed by atoms with E-state index in [4.69, 9.17) is 10.00 Å². The number of benzene rings is 1. The van der Waals surface area contributed by atoms with Gasteiger partial charge in [-0.2, -0.15) is 5.26 Å². The van der Waals surface area contributed by atoms with Crippen LogP contribution in [0.3, 0.4) is 0 Å². The van der Waals surface area contributed by atoms with Gasteiger partial charge in [0.25, 0.3) is 17.4 Å². The second-order valence-electron chi connectivity index (χ2n) is 12.2. The number of rotatable bonds is 7. The van der Waals surface area contributed by atoms with Gasteiger partial charge in [-0.3, -0.25) is 14.4 Å². The second-order valence-corrected chi connectivity index (χ2v) is 14.8. The molecule has 5 rings (SSSR count). The first-order valence-corrected chi connectivity index (χ1v) is 15.4. The summed E-state index contributed by atoms with van der Waals surface area (Å²) in [5, 5.41) is 10.7. The van der Waals surface area contributed by atoms with Gasteiger partial charge in [0, 0.05) is 39.3 Å². The maximum absolute atomic E-state index is 13.9. The molecular formula is C29H32FN5O7S. The van der Waals surface area contributed by atoms with Crippen LogP contribution in [0.25, 0.3) is 0 Å². The van der Waals surface area contributed by atoms with Crippen molar-refractivity contribution >= 4 is 27.7 Å². The molecule has 2 fully saturated rings. The van der Waals surface area contributed by atoms with Gasteiger partial charge < -0.3 is 24.4 Å². The van der Waals surface area contributed by atoms with E-state index < -0.39 is 54.7 Å². The molecule has 1 N–H and O–H groups in total. The summed E-state index contributed by atoms with van der Waals surface area (Å²) in [7, 11) is -3.67. The second kappa shape index (κ2) is 10.8. The molecule has 14 heteroatoms. The Labute approximate surface area is 247 Å². The van der Waals surface area contributed by atoms with Crippen LogP contribution >= 0.6 is 0 Å². The number of hydrogen-bond acceptors (Lipinski definition) is 8. The van der Waals surface area contributed by atoms with E-state index in [1.807, 2.05) is 0 Å². The number of ether oxygens (including phenoxy) is 1. The third kappa shape index (κ3) is 5.73. The lowest BCUT2D eigenvalue weighted by atomic mass is 10.1. The fourth-order valence-corrected chi connectivity index (χ4v) is 7.78. The predicted molar refractivity (Wildman–Crippen MR) is 151 cm³/mol. The maximum atomic E-state index is 13.9. The molecule has 1 saturated carbocycles. The summed E-state index contributed by atoms with van der Waals surface area (Å²) < 4.78 is 46.3. The quantitative estimate of drug-likeness (QED) is 0.495. The lowest BCUT2D eigenvalue weighted by Crippen LogP contribution is -2.61. The predicted octanol–water partition coefficient (Wildman–Crippen LogP) is 1.81. The first kappa shape index (κ1) is 30.2. The minimum atomic E-state index is -3.67. The van der Waals surface area contributed by atoms with Gasteiger partial charge in [-0.15, -0.1) is 0 Å². The number of carbonyl (C=O) groups is 3. The first-order valence-electron chi connectivity index (χ1n) is 13.9. The van der Waals surface area contributed by atoms with Crippen molar-refractivity contribution in [2.45, 2.75) is 62.3 Å². The zero-order chi connectivity index (χ0) is 31.3. The van der Waals surface area contributed by atoms with E-state index in [1.165, 1.54) is 38.6 Å². The lowest BCUT2D eigenvalue weighted by molar-refractivity contribution is 0.0138. The number of aromatic nitrogens is 1. The van der Waals surface area contributed by atoms with Crippen molar-refractivity contribution in [1.29, 1.82) is 5.26 Å². The van der Waals surface area contributed by atoms with E-state index in [1.54, 1.807) is 26.8 Å². The van der Waals surface area contributed by atoms with Gasteiger partial charge in [0.15, 0.2) is 9.84 Å². The number of carbonyl (C=O) groups excluding carboxylic acids is 3. The molecule has 43 heavy (non-hydrogen) atoms. The van der Waals surface area contributed by atoms with Crippen LogP contribution in [0.4, 0.5) is 9.18 Å². The summed E-state index contributed by atoms with van der Waals surface area (Å²) in [6.45, 7) is 5.35. The topological polar surface area (TPSA) is 159 Å². The van der Waals surface area contributed by atoms with Crippen LogP contribution in [-0.4, -0.2) is 82.5 Å². The number of sulfone groups is 1. The zero-order valence-electron chi connectivity index (χ0n) is 24.1. The molecule has 12 nitrogen and oxygen atoms in total. The molecule has 3 aliphatic rings. The standard InChI is InChI=1S/C29H32FN5O7S/c1-28(2,3)42-27(39)34-15-20(16-34)43(40,41)29(8-9-29)17-33-10-11-35-23(26(33)38)7-6-21(25(35)37)24(36)32-14-18-4-5-19(13-31)22(30)12-18/h4-7,12,20H,8-11,14-17H2,1-3H3,(H,32,36). The molecular weight excluding hydrogens is 581 g/mol. The Morgan fingerprint density at radius 3 is 2.44 bits per heavy atom. The third-order valence-electron chi connectivity index (χ3n) is 7.95. The smallest absolute Gasteiger partial charge is 0.410 e. The van der Waals surface area contributed by atoms with E-state index in [2.05, 4.69) is 5.32 Å².